The average Bonchev–Trinajstić information content (AvgIpc) is 3.04. The number of hydrogen-bond acceptors (Lipinski definition) is 3. The van der Waals surface area contributed by atoms with E-state index in [1.54, 1.807) is 4.90 Å². The number of rotatable bonds is 5. The van der Waals surface area contributed by atoms with Crippen LogP contribution in [-0.4, -0.2) is 41.4 Å². The largest absolute Gasteiger partial charge is 0.370 e. The van der Waals surface area contributed by atoms with Crippen LogP contribution >= 0.6 is 0 Å². The summed E-state index contributed by atoms with van der Waals surface area (Å²) in [7, 11) is 0. The maximum atomic E-state index is 12.2. The summed E-state index contributed by atoms with van der Waals surface area (Å²) in [6, 6.07) is 0.408. The number of hydrogen-bond donors (Lipinski definition) is 2. The monoisotopic (exact) mass is 239 g/mol. The van der Waals surface area contributed by atoms with E-state index < -0.39 is 0 Å². The Kier molecular flexibility index (Phi) is 3.66. The predicted molar refractivity (Wildman–Crippen MR) is 64.2 cm³/mol. The third kappa shape index (κ3) is 3.19. The minimum absolute atomic E-state index is 0.0495. The van der Waals surface area contributed by atoms with E-state index in [4.69, 9.17) is 5.73 Å². The van der Waals surface area contributed by atoms with Crippen molar-refractivity contribution in [2.24, 2.45) is 5.73 Å². The van der Waals surface area contributed by atoms with Gasteiger partial charge in [-0.1, -0.05) is 0 Å². The van der Waals surface area contributed by atoms with Gasteiger partial charge >= 0.3 is 0 Å². The van der Waals surface area contributed by atoms with E-state index in [2.05, 4.69) is 5.32 Å². The quantitative estimate of drug-likeness (QED) is 0.708. The summed E-state index contributed by atoms with van der Waals surface area (Å²) in [5.41, 5.74) is 5.18. The van der Waals surface area contributed by atoms with E-state index in [0.717, 1.165) is 19.4 Å². The van der Waals surface area contributed by atoms with Gasteiger partial charge in [0.25, 0.3) is 0 Å². The molecular weight excluding hydrogens is 218 g/mol. The molecule has 1 saturated carbocycles. The molecule has 0 aromatic rings. The first kappa shape index (κ1) is 12.4. The highest BCUT2D eigenvalue weighted by molar-refractivity contribution is 5.84. The number of nitrogens with one attached hydrogen (secondary N) is 1. The van der Waals surface area contributed by atoms with Crippen LogP contribution in [0.4, 0.5) is 0 Å². The van der Waals surface area contributed by atoms with Crippen LogP contribution in [0.15, 0.2) is 0 Å². The summed E-state index contributed by atoms with van der Waals surface area (Å²) in [5, 5.41) is 3.37. The maximum absolute atomic E-state index is 12.2. The number of piperidine rings is 1. The summed E-state index contributed by atoms with van der Waals surface area (Å²) >= 11 is 0. The van der Waals surface area contributed by atoms with Crippen LogP contribution < -0.4 is 11.1 Å². The van der Waals surface area contributed by atoms with Gasteiger partial charge in [-0.25, -0.2) is 0 Å². The van der Waals surface area contributed by atoms with Crippen LogP contribution in [0.5, 0.6) is 0 Å². The van der Waals surface area contributed by atoms with E-state index in [1.807, 2.05) is 6.92 Å². The molecule has 3 N–H and O–H groups in total. The summed E-state index contributed by atoms with van der Waals surface area (Å²) in [5.74, 6) is -0.209. The highest BCUT2D eigenvalue weighted by atomic mass is 16.2. The molecule has 5 heteroatoms. The van der Waals surface area contributed by atoms with Crippen molar-refractivity contribution >= 4 is 11.8 Å². The third-order valence-corrected chi connectivity index (χ3v) is 3.52. The van der Waals surface area contributed by atoms with Crippen LogP contribution in [0.3, 0.4) is 0 Å². The lowest BCUT2D eigenvalue weighted by Crippen LogP contribution is -2.54. The molecule has 1 heterocycles. The maximum Gasteiger partial charge on any atom is 0.239 e. The number of likely N-dealkylation sites (tertiary alicyclic amines) is 1. The first-order valence-corrected chi connectivity index (χ1v) is 6.42. The van der Waals surface area contributed by atoms with E-state index in [9.17, 15) is 9.59 Å². The molecule has 0 aromatic carbocycles. The number of carbonyl (C=O) groups excluding carboxylic acids is 2. The van der Waals surface area contributed by atoms with Crippen LogP contribution in [0.1, 0.15) is 39.0 Å². The van der Waals surface area contributed by atoms with Gasteiger partial charge < -0.3 is 16.0 Å². The lowest BCUT2D eigenvalue weighted by atomic mass is 10.0. The molecule has 96 valence electrons. The molecule has 2 atom stereocenters. The second-order valence-electron chi connectivity index (χ2n) is 5.19. The molecule has 0 radical (unpaired) electrons. The van der Waals surface area contributed by atoms with Crippen molar-refractivity contribution in [3.8, 4) is 0 Å². The van der Waals surface area contributed by atoms with Crippen molar-refractivity contribution < 1.29 is 9.59 Å². The van der Waals surface area contributed by atoms with Crippen molar-refractivity contribution in [2.75, 3.05) is 6.54 Å². The van der Waals surface area contributed by atoms with E-state index >= 15 is 0 Å². The zero-order valence-electron chi connectivity index (χ0n) is 10.3. The first-order valence-electron chi connectivity index (χ1n) is 6.42. The van der Waals surface area contributed by atoms with Gasteiger partial charge in [-0.05, 0) is 32.6 Å². The van der Waals surface area contributed by atoms with E-state index in [1.165, 1.54) is 12.8 Å². The molecule has 2 fully saturated rings. The highest BCUT2D eigenvalue weighted by Crippen LogP contribution is 2.23. The van der Waals surface area contributed by atoms with Gasteiger partial charge in [0.1, 0.15) is 0 Å². The molecule has 2 aliphatic rings. The van der Waals surface area contributed by atoms with Crippen molar-refractivity contribution in [1.82, 2.24) is 10.2 Å². The van der Waals surface area contributed by atoms with Crippen molar-refractivity contribution in [3.63, 3.8) is 0 Å². The Morgan fingerprint density at radius 2 is 2.24 bits per heavy atom. The molecule has 2 unspecified atom stereocenters. The van der Waals surface area contributed by atoms with Gasteiger partial charge in [-0.2, -0.15) is 0 Å². The molecule has 2 rings (SSSR count). The number of carbonyl (C=O) groups is 2. The normalized spacial score (nSPS) is 27.0. The van der Waals surface area contributed by atoms with Crippen molar-refractivity contribution in [1.29, 1.82) is 0 Å². The standard InChI is InChI=1S/C12H21N3O2/c1-8(7-11(13)16)15-6-2-3-10(12(15)17)14-9-4-5-9/h8-10,14H,2-7H2,1H3,(H2,13,16). The van der Waals surface area contributed by atoms with E-state index in [0.29, 0.717) is 6.04 Å². The fourth-order valence-electron chi connectivity index (χ4n) is 2.43. The number of nitrogens with zero attached hydrogens (tertiary/aromatic N) is 1. The molecule has 0 spiro atoms. The first-order chi connectivity index (χ1) is 8.08. The fraction of sp³-hybridized carbons (Fsp3) is 0.833. The molecule has 1 aliphatic carbocycles. The molecule has 0 aromatic heterocycles. The molecular formula is C12H21N3O2. The topological polar surface area (TPSA) is 75.4 Å². The van der Waals surface area contributed by atoms with Crippen LogP contribution in [-0.2, 0) is 9.59 Å². The number of primary amides is 1. The summed E-state index contributed by atoms with van der Waals surface area (Å²) < 4.78 is 0. The minimum Gasteiger partial charge on any atom is -0.370 e. The van der Waals surface area contributed by atoms with Gasteiger partial charge in [-0.3, -0.25) is 9.59 Å². The average molecular weight is 239 g/mol. The smallest absolute Gasteiger partial charge is 0.239 e. The highest BCUT2D eigenvalue weighted by Gasteiger charge is 2.35. The summed E-state index contributed by atoms with van der Waals surface area (Å²) in [6.45, 7) is 2.64. The Bertz CT molecular complexity index is 315. The fourth-order valence-corrected chi connectivity index (χ4v) is 2.43. The lowest BCUT2D eigenvalue weighted by Gasteiger charge is -2.36. The second-order valence-corrected chi connectivity index (χ2v) is 5.19. The Hall–Kier alpha value is -1.10. The number of amides is 2. The molecule has 2 amide bonds. The predicted octanol–water partition coefficient (Wildman–Crippen LogP) is -0.00670. The van der Waals surface area contributed by atoms with Gasteiger partial charge in [0.2, 0.25) is 11.8 Å². The summed E-state index contributed by atoms with van der Waals surface area (Å²) in [6.07, 6.45) is 4.53. The summed E-state index contributed by atoms with van der Waals surface area (Å²) in [4.78, 5) is 24.9. The Morgan fingerprint density at radius 1 is 1.53 bits per heavy atom. The SMILES string of the molecule is CC(CC(N)=O)N1CCCC(NC2CC2)C1=O. The lowest BCUT2D eigenvalue weighted by molar-refractivity contribution is -0.138. The van der Waals surface area contributed by atoms with Crippen molar-refractivity contribution in [3.05, 3.63) is 0 Å². The van der Waals surface area contributed by atoms with Gasteiger partial charge in [0, 0.05) is 25.0 Å². The molecule has 0 bridgehead atoms. The Balaban J connectivity index is 1.92. The van der Waals surface area contributed by atoms with Gasteiger partial charge in [-0.15, -0.1) is 0 Å². The molecule has 1 aliphatic heterocycles. The second kappa shape index (κ2) is 5.04. The van der Waals surface area contributed by atoms with Crippen LogP contribution in [0, 0.1) is 0 Å². The molecule has 5 nitrogen and oxygen atoms in total. The zero-order chi connectivity index (χ0) is 12.4. The Labute approximate surface area is 102 Å². The molecule has 1 saturated heterocycles. The number of nitrogens with two attached hydrogens (primary N) is 1. The Morgan fingerprint density at radius 3 is 2.82 bits per heavy atom. The minimum atomic E-state index is -0.345. The van der Waals surface area contributed by atoms with Crippen LogP contribution in [0.2, 0.25) is 0 Å². The third-order valence-electron chi connectivity index (χ3n) is 3.52. The van der Waals surface area contributed by atoms with Gasteiger partial charge in [0.15, 0.2) is 0 Å². The van der Waals surface area contributed by atoms with E-state index in [-0.39, 0.29) is 30.3 Å². The van der Waals surface area contributed by atoms with Crippen molar-refractivity contribution in [2.45, 2.75) is 57.2 Å². The van der Waals surface area contributed by atoms with Gasteiger partial charge in [0.05, 0.1) is 6.04 Å². The molecule has 17 heavy (non-hydrogen) atoms. The zero-order valence-corrected chi connectivity index (χ0v) is 10.3. The van der Waals surface area contributed by atoms with Crippen LogP contribution in [0.25, 0.3) is 0 Å².